The largest absolute Gasteiger partial charge is 0.495 e. The second-order valence-electron chi connectivity index (χ2n) is 8.51. The van der Waals surface area contributed by atoms with Crippen LogP contribution in [0.5, 0.6) is 5.75 Å². The molecule has 0 aliphatic carbocycles. The van der Waals surface area contributed by atoms with Gasteiger partial charge in [-0.3, -0.25) is 9.59 Å². The third kappa shape index (κ3) is 5.85. The second-order valence-corrected chi connectivity index (χ2v) is 8.94. The fourth-order valence-electron chi connectivity index (χ4n) is 4.22. The van der Waals surface area contributed by atoms with E-state index >= 15 is 0 Å². The van der Waals surface area contributed by atoms with Gasteiger partial charge in [0, 0.05) is 42.4 Å². The van der Waals surface area contributed by atoms with Gasteiger partial charge in [0.05, 0.1) is 24.9 Å². The summed E-state index contributed by atoms with van der Waals surface area (Å²) < 4.78 is 17.3. The molecule has 1 N–H and O–H groups in total. The highest BCUT2D eigenvalue weighted by Gasteiger charge is 2.24. The lowest BCUT2D eigenvalue weighted by atomic mass is 9.97. The van der Waals surface area contributed by atoms with Crippen molar-refractivity contribution in [3.05, 3.63) is 93.9 Å². The van der Waals surface area contributed by atoms with E-state index in [-0.39, 0.29) is 30.8 Å². The number of ether oxygens (including phenoxy) is 2. The minimum Gasteiger partial charge on any atom is -0.495 e. The number of carboxylic acid groups (broad SMARTS) is 1. The van der Waals surface area contributed by atoms with Crippen LogP contribution in [-0.4, -0.2) is 47.2 Å². The molecule has 0 fully saturated rings. The summed E-state index contributed by atoms with van der Waals surface area (Å²) >= 11 is 6.29. The summed E-state index contributed by atoms with van der Waals surface area (Å²) in [5, 5.41) is 9.57. The van der Waals surface area contributed by atoms with Crippen molar-refractivity contribution in [2.75, 3.05) is 20.8 Å². The van der Waals surface area contributed by atoms with Gasteiger partial charge in [0.1, 0.15) is 17.7 Å². The van der Waals surface area contributed by atoms with Crippen LogP contribution in [0.15, 0.2) is 76.6 Å². The number of oxazole rings is 1. The van der Waals surface area contributed by atoms with Crippen molar-refractivity contribution < 1.29 is 28.6 Å². The van der Waals surface area contributed by atoms with E-state index in [1.54, 1.807) is 30.3 Å². The molecular weight excluding hydrogens is 512 g/mol. The van der Waals surface area contributed by atoms with Gasteiger partial charge in [0.25, 0.3) is 5.56 Å². The van der Waals surface area contributed by atoms with Crippen molar-refractivity contribution in [3.8, 4) is 28.1 Å². The highest BCUT2D eigenvalue weighted by atomic mass is 35.5. The smallest absolute Gasteiger partial charge is 0.335 e. The minimum atomic E-state index is -1.05. The first-order chi connectivity index (χ1) is 18.3. The zero-order valence-electron chi connectivity index (χ0n) is 20.7. The van der Waals surface area contributed by atoms with Crippen molar-refractivity contribution in [2.45, 2.75) is 18.9 Å². The predicted molar refractivity (Wildman–Crippen MR) is 141 cm³/mol. The number of nitrogens with zero attached hydrogens (tertiary/aromatic N) is 2. The third-order valence-electron chi connectivity index (χ3n) is 6.13. The first-order valence-electron chi connectivity index (χ1n) is 11.6. The number of Topliss-reactive ketones (excluding diaryl/α,β-unsaturated/α-hetero) is 1. The number of aromatic carboxylic acids is 1. The van der Waals surface area contributed by atoms with Crippen LogP contribution in [0.3, 0.4) is 0 Å². The molecular formula is C28H25ClN2O7. The van der Waals surface area contributed by atoms with Gasteiger partial charge in [-0.2, -0.15) is 0 Å². The zero-order valence-corrected chi connectivity index (χ0v) is 21.5. The summed E-state index contributed by atoms with van der Waals surface area (Å²) in [6.07, 6.45) is 4.58. The molecule has 0 saturated heterocycles. The quantitative estimate of drug-likeness (QED) is 0.287. The summed E-state index contributed by atoms with van der Waals surface area (Å²) in [5.74, 6) is -0.920. The van der Waals surface area contributed by atoms with Crippen molar-refractivity contribution in [2.24, 2.45) is 0 Å². The van der Waals surface area contributed by atoms with Crippen molar-refractivity contribution in [1.82, 2.24) is 9.55 Å². The number of halogens is 1. The summed E-state index contributed by atoms with van der Waals surface area (Å²) in [6, 6.07) is 11.8. The molecule has 0 bridgehead atoms. The Kier molecular flexibility index (Phi) is 8.40. The molecule has 0 aliphatic heterocycles. The number of benzene rings is 2. The molecule has 0 saturated carbocycles. The average molecular weight is 537 g/mol. The van der Waals surface area contributed by atoms with Gasteiger partial charge in [-0.1, -0.05) is 29.8 Å². The summed E-state index contributed by atoms with van der Waals surface area (Å²) in [6.45, 7) is 0.246. The lowest BCUT2D eigenvalue weighted by Gasteiger charge is -2.21. The number of rotatable bonds is 11. The Morgan fingerprint density at radius 3 is 2.47 bits per heavy atom. The first kappa shape index (κ1) is 26.8. The summed E-state index contributed by atoms with van der Waals surface area (Å²) in [4.78, 5) is 42.2. The number of aromatic nitrogens is 2. The summed E-state index contributed by atoms with van der Waals surface area (Å²) in [5.41, 5.74) is 2.69. The SMILES string of the molecule is COCCC(C(=O)Cc1ccc(C(=O)O)cc1)n1cc(OC)c(-c2cc(Cl)ccc2-c2cocn2)cc1=O. The van der Waals surface area contributed by atoms with Crippen LogP contribution in [0.25, 0.3) is 22.4 Å². The fraction of sp³-hybridized carbons (Fsp3) is 0.214. The van der Waals surface area contributed by atoms with Crippen LogP contribution in [0.4, 0.5) is 0 Å². The number of hydrogen-bond acceptors (Lipinski definition) is 7. The maximum absolute atomic E-state index is 13.4. The van der Waals surface area contributed by atoms with E-state index in [1.807, 2.05) is 0 Å². The molecule has 2 aromatic heterocycles. The van der Waals surface area contributed by atoms with E-state index in [0.717, 1.165) is 0 Å². The summed E-state index contributed by atoms with van der Waals surface area (Å²) in [7, 11) is 2.99. The number of hydrogen-bond donors (Lipinski definition) is 1. The number of carboxylic acids is 1. The van der Waals surface area contributed by atoms with Gasteiger partial charge in [-0.15, -0.1) is 0 Å². The number of pyridine rings is 1. The molecule has 2 heterocycles. The Hall–Kier alpha value is -4.21. The second kappa shape index (κ2) is 11.9. The molecule has 1 atom stereocenters. The third-order valence-corrected chi connectivity index (χ3v) is 6.36. The van der Waals surface area contributed by atoms with E-state index in [1.165, 1.54) is 55.8 Å². The Morgan fingerprint density at radius 2 is 1.84 bits per heavy atom. The van der Waals surface area contributed by atoms with E-state index in [0.29, 0.717) is 38.7 Å². The van der Waals surface area contributed by atoms with Crippen molar-refractivity contribution >= 4 is 23.4 Å². The molecule has 4 rings (SSSR count). The predicted octanol–water partition coefficient (Wildman–Crippen LogP) is 4.92. The number of carbonyl (C=O) groups is 2. The van der Waals surface area contributed by atoms with Crippen LogP contribution < -0.4 is 10.3 Å². The molecule has 9 nitrogen and oxygen atoms in total. The average Bonchev–Trinajstić information content (AvgIpc) is 3.44. The monoisotopic (exact) mass is 536 g/mol. The highest BCUT2D eigenvalue weighted by Crippen LogP contribution is 2.38. The molecule has 1 unspecified atom stereocenters. The Morgan fingerprint density at radius 1 is 1.08 bits per heavy atom. The molecule has 0 aliphatic rings. The molecule has 2 aromatic carbocycles. The van der Waals surface area contributed by atoms with Gasteiger partial charge in [0.15, 0.2) is 12.2 Å². The van der Waals surface area contributed by atoms with Gasteiger partial charge < -0.3 is 23.6 Å². The van der Waals surface area contributed by atoms with Crippen LogP contribution in [0, 0.1) is 0 Å². The van der Waals surface area contributed by atoms with Crippen LogP contribution in [-0.2, 0) is 16.0 Å². The maximum atomic E-state index is 13.4. The van der Waals surface area contributed by atoms with Crippen LogP contribution in [0.1, 0.15) is 28.4 Å². The Balaban J connectivity index is 1.74. The minimum absolute atomic E-state index is 0.00931. The van der Waals surface area contributed by atoms with Crippen LogP contribution >= 0.6 is 11.6 Å². The molecule has 0 amide bonds. The number of methoxy groups -OCH3 is 2. The lowest BCUT2D eigenvalue weighted by molar-refractivity contribution is -0.122. The van der Waals surface area contributed by atoms with Crippen LogP contribution in [0.2, 0.25) is 5.02 Å². The van der Waals surface area contributed by atoms with Crippen molar-refractivity contribution in [3.63, 3.8) is 0 Å². The van der Waals surface area contributed by atoms with Gasteiger partial charge in [-0.05, 0) is 41.8 Å². The Labute approximate surface area is 223 Å². The number of ketones is 1. The standard InChI is InChI=1S/C28H25ClN2O7/c1-36-10-9-24(25(32)11-17-3-5-18(6-4-17)28(34)35)31-14-26(37-2)22(13-27(31)33)21-12-19(29)7-8-20(21)23-15-38-16-30-23/h3-8,12-16,24H,9-11H2,1-2H3,(H,34,35). The molecule has 0 radical (unpaired) electrons. The maximum Gasteiger partial charge on any atom is 0.335 e. The number of carbonyl (C=O) groups excluding carboxylic acids is 1. The molecule has 38 heavy (non-hydrogen) atoms. The van der Waals surface area contributed by atoms with Gasteiger partial charge in [-0.25, -0.2) is 9.78 Å². The molecule has 196 valence electrons. The lowest BCUT2D eigenvalue weighted by Crippen LogP contribution is -2.31. The van der Waals surface area contributed by atoms with Gasteiger partial charge >= 0.3 is 5.97 Å². The fourth-order valence-corrected chi connectivity index (χ4v) is 4.39. The van der Waals surface area contributed by atoms with E-state index in [9.17, 15) is 14.4 Å². The van der Waals surface area contributed by atoms with E-state index in [4.69, 9.17) is 30.6 Å². The van der Waals surface area contributed by atoms with E-state index < -0.39 is 17.6 Å². The van der Waals surface area contributed by atoms with Crippen molar-refractivity contribution in [1.29, 1.82) is 0 Å². The highest BCUT2D eigenvalue weighted by molar-refractivity contribution is 6.31. The van der Waals surface area contributed by atoms with Gasteiger partial charge in [0.2, 0.25) is 0 Å². The Bertz CT molecular complexity index is 1490. The molecule has 4 aromatic rings. The first-order valence-corrected chi connectivity index (χ1v) is 12.0. The van der Waals surface area contributed by atoms with E-state index in [2.05, 4.69) is 4.98 Å². The normalized spacial score (nSPS) is 11.8. The molecule has 0 spiro atoms. The zero-order chi connectivity index (χ0) is 27.2. The topological polar surface area (TPSA) is 121 Å². The molecule has 10 heteroatoms.